The van der Waals surface area contributed by atoms with Crippen molar-refractivity contribution in [3.8, 4) is 5.75 Å². The maximum Gasteiger partial charge on any atom is 0.352 e. The fraction of sp³-hybridized carbons (Fsp3) is 0.0435. The number of rotatable bonds is 7. The number of aliphatic carboxylic acids is 1. The molecule has 1 amide bonds. The Morgan fingerprint density at radius 3 is 2.29 bits per heavy atom. The Morgan fingerprint density at radius 2 is 1.68 bits per heavy atom. The highest BCUT2D eigenvalue weighted by atomic mass is 79.9. The molecule has 3 rings (SSSR count). The fourth-order valence-electron chi connectivity index (χ4n) is 2.68. The monoisotopic (exact) mass is 547 g/mol. The summed E-state index contributed by atoms with van der Waals surface area (Å²) in [5.41, 5.74) is 1.25. The molecular weight excluding hydrogens is 533 g/mol. The van der Waals surface area contributed by atoms with Crippen molar-refractivity contribution < 1.29 is 23.8 Å². The molecule has 31 heavy (non-hydrogen) atoms. The lowest BCUT2D eigenvalue weighted by molar-refractivity contribution is -0.132. The van der Waals surface area contributed by atoms with Gasteiger partial charge in [0.05, 0.1) is 8.95 Å². The van der Waals surface area contributed by atoms with Crippen molar-refractivity contribution in [3.63, 3.8) is 0 Å². The van der Waals surface area contributed by atoms with E-state index in [2.05, 4.69) is 37.2 Å². The Hall–Kier alpha value is -2.97. The molecule has 0 aliphatic carbocycles. The van der Waals surface area contributed by atoms with Crippen LogP contribution in [0.3, 0.4) is 0 Å². The number of hydrogen-bond acceptors (Lipinski definition) is 3. The molecule has 0 fully saturated rings. The summed E-state index contributed by atoms with van der Waals surface area (Å²) in [7, 11) is 0. The number of carboxylic acid groups (broad SMARTS) is 1. The first-order chi connectivity index (χ1) is 14.8. The first-order valence-electron chi connectivity index (χ1n) is 9.01. The molecule has 8 heteroatoms. The molecule has 0 heterocycles. The zero-order chi connectivity index (χ0) is 22.4. The average molecular weight is 549 g/mol. The van der Waals surface area contributed by atoms with E-state index in [1.165, 1.54) is 18.2 Å². The van der Waals surface area contributed by atoms with Crippen LogP contribution >= 0.6 is 31.9 Å². The number of ether oxygens (including phenoxy) is 1. The highest BCUT2D eigenvalue weighted by Gasteiger charge is 2.15. The topological polar surface area (TPSA) is 75.6 Å². The second kappa shape index (κ2) is 10.4. The Kier molecular flexibility index (Phi) is 7.59. The van der Waals surface area contributed by atoms with Crippen LogP contribution in [0.5, 0.6) is 5.75 Å². The molecule has 0 aromatic heterocycles. The molecule has 0 unspecified atom stereocenters. The summed E-state index contributed by atoms with van der Waals surface area (Å²) in [4.78, 5) is 23.9. The number of amides is 1. The molecule has 2 N–H and O–H groups in total. The lowest BCUT2D eigenvalue weighted by atomic mass is 10.1. The maximum absolute atomic E-state index is 13.3. The fourth-order valence-corrected chi connectivity index (χ4v) is 4.14. The van der Waals surface area contributed by atoms with Gasteiger partial charge in [-0.3, -0.25) is 4.79 Å². The van der Waals surface area contributed by atoms with Crippen LogP contribution in [-0.4, -0.2) is 17.0 Å². The minimum Gasteiger partial charge on any atom is -0.487 e. The van der Waals surface area contributed by atoms with E-state index in [1.807, 2.05) is 0 Å². The van der Waals surface area contributed by atoms with E-state index >= 15 is 0 Å². The second-order valence-corrected chi connectivity index (χ2v) is 8.12. The quantitative estimate of drug-likeness (QED) is 0.367. The molecule has 3 aromatic rings. The molecule has 0 bridgehead atoms. The first-order valence-corrected chi connectivity index (χ1v) is 10.6. The van der Waals surface area contributed by atoms with Gasteiger partial charge in [0.1, 0.15) is 23.9 Å². The molecule has 158 valence electrons. The molecule has 0 atom stereocenters. The highest BCUT2D eigenvalue weighted by molar-refractivity contribution is 9.11. The molecule has 3 aromatic carbocycles. The van der Waals surface area contributed by atoms with Gasteiger partial charge in [-0.15, -0.1) is 0 Å². The molecule has 0 saturated carbocycles. The Bertz CT molecular complexity index is 1130. The zero-order valence-electron chi connectivity index (χ0n) is 15.9. The Morgan fingerprint density at radius 1 is 1.00 bits per heavy atom. The van der Waals surface area contributed by atoms with Crippen LogP contribution in [-0.2, 0) is 11.4 Å². The van der Waals surface area contributed by atoms with Crippen molar-refractivity contribution in [2.24, 2.45) is 0 Å². The zero-order valence-corrected chi connectivity index (χ0v) is 19.1. The van der Waals surface area contributed by atoms with Crippen LogP contribution in [0, 0.1) is 5.82 Å². The number of halogens is 3. The number of carbonyl (C=O) groups is 2. The van der Waals surface area contributed by atoms with Crippen LogP contribution in [0.1, 0.15) is 21.5 Å². The van der Waals surface area contributed by atoms with Gasteiger partial charge in [0.25, 0.3) is 5.91 Å². The van der Waals surface area contributed by atoms with Crippen molar-refractivity contribution in [1.29, 1.82) is 0 Å². The van der Waals surface area contributed by atoms with Crippen molar-refractivity contribution in [3.05, 3.63) is 104 Å². The van der Waals surface area contributed by atoms with E-state index in [9.17, 15) is 19.1 Å². The largest absolute Gasteiger partial charge is 0.487 e. The van der Waals surface area contributed by atoms with E-state index in [0.29, 0.717) is 31.4 Å². The molecular formula is C23H16Br2FNO4. The van der Waals surface area contributed by atoms with E-state index in [4.69, 9.17) is 4.74 Å². The highest BCUT2D eigenvalue weighted by Crippen LogP contribution is 2.36. The summed E-state index contributed by atoms with van der Waals surface area (Å²) in [6.07, 6.45) is 1.34. The molecule has 5 nitrogen and oxygen atoms in total. The van der Waals surface area contributed by atoms with E-state index < -0.39 is 11.9 Å². The molecule has 0 aliphatic heterocycles. The summed E-state index contributed by atoms with van der Waals surface area (Å²) in [5.74, 6) is -1.67. The molecule has 0 saturated heterocycles. The minimum absolute atomic E-state index is 0.150. The minimum atomic E-state index is -1.28. The summed E-state index contributed by atoms with van der Waals surface area (Å²) in [5, 5.41) is 11.9. The van der Waals surface area contributed by atoms with Gasteiger partial charge in [-0.1, -0.05) is 30.3 Å². The van der Waals surface area contributed by atoms with Gasteiger partial charge in [-0.25, -0.2) is 9.18 Å². The van der Waals surface area contributed by atoms with Crippen LogP contribution < -0.4 is 10.1 Å². The summed E-state index contributed by atoms with van der Waals surface area (Å²) in [6, 6.07) is 17.7. The maximum atomic E-state index is 13.3. The van der Waals surface area contributed by atoms with Gasteiger partial charge < -0.3 is 15.2 Å². The molecule has 0 radical (unpaired) electrons. The van der Waals surface area contributed by atoms with Crippen molar-refractivity contribution in [1.82, 2.24) is 5.32 Å². The summed E-state index contributed by atoms with van der Waals surface area (Å²) < 4.78 is 20.2. The van der Waals surface area contributed by atoms with Crippen molar-refractivity contribution in [2.45, 2.75) is 6.61 Å². The summed E-state index contributed by atoms with van der Waals surface area (Å²) in [6.45, 7) is 0.150. The van der Waals surface area contributed by atoms with Gasteiger partial charge in [0.2, 0.25) is 0 Å². The van der Waals surface area contributed by atoms with Gasteiger partial charge in [0.15, 0.2) is 0 Å². The second-order valence-electron chi connectivity index (χ2n) is 6.42. The lowest BCUT2D eigenvalue weighted by Gasteiger charge is -2.12. The lowest BCUT2D eigenvalue weighted by Crippen LogP contribution is -2.27. The van der Waals surface area contributed by atoms with Crippen molar-refractivity contribution in [2.75, 3.05) is 0 Å². The first kappa shape index (κ1) is 22.7. The van der Waals surface area contributed by atoms with Crippen LogP contribution in [0.15, 0.2) is 81.4 Å². The Labute approximate surface area is 194 Å². The number of carbonyl (C=O) groups excluding carboxylic acids is 1. The molecule has 0 aliphatic rings. The van der Waals surface area contributed by atoms with E-state index in [1.54, 1.807) is 54.6 Å². The smallest absolute Gasteiger partial charge is 0.352 e. The van der Waals surface area contributed by atoms with Crippen LogP contribution in [0.25, 0.3) is 6.08 Å². The third-order valence-corrected chi connectivity index (χ3v) is 5.30. The molecule has 0 spiro atoms. The van der Waals surface area contributed by atoms with E-state index in [0.717, 1.165) is 0 Å². The normalized spacial score (nSPS) is 11.1. The third-order valence-electron chi connectivity index (χ3n) is 4.12. The van der Waals surface area contributed by atoms with Gasteiger partial charge in [0, 0.05) is 5.56 Å². The van der Waals surface area contributed by atoms with Gasteiger partial charge in [-0.2, -0.15) is 0 Å². The van der Waals surface area contributed by atoms with Gasteiger partial charge in [-0.05, 0) is 85.5 Å². The van der Waals surface area contributed by atoms with E-state index in [-0.39, 0.29) is 18.1 Å². The standard InChI is InChI=1S/C23H16Br2FNO4/c24-18-10-15(11-19(25)21(18)31-13-14-5-4-8-17(26)9-14)12-20(23(29)30)27-22(28)16-6-2-1-3-7-16/h1-12H,13H2,(H,27,28)(H,29,30)/b20-12+. The van der Waals surface area contributed by atoms with Crippen LogP contribution in [0.2, 0.25) is 0 Å². The third kappa shape index (κ3) is 6.26. The number of benzene rings is 3. The van der Waals surface area contributed by atoms with Gasteiger partial charge >= 0.3 is 5.97 Å². The Balaban J connectivity index is 1.80. The predicted molar refractivity (Wildman–Crippen MR) is 122 cm³/mol. The van der Waals surface area contributed by atoms with Crippen molar-refractivity contribution >= 4 is 49.8 Å². The average Bonchev–Trinajstić information content (AvgIpc) is 2.73. The predicted octanol–water partition coefficient (Wildman–Crippen LogP) is 5.79. The van der Waals surface area contributed by atoms with Crippen LogP contribution in [0.4, 0.5) is 4.39 Å². The summed E-state index contributed by atoms with van der Waals surface area (Å²) >= 11 is 6.81. The number of nitrogens with one attached hydrogen (secondary N) is 1. The number of carboxylic acids is 1. The SMILES string of the molecule is O=C(O)/C(=C\c1cc(Br)c(OCc2cccc(F)c2)c(Br)c1)NC(=O)c1ccccc1. The number of hydrogen-bond donors (Lipinski definition) is 2.